The van der Waals surface area contributed by atoms with Crippen molar-refractivity contribution in [1.82, 2.24) is 9.78 Å². The molecule has 1 saturated carbocycles. The average Bonchev–Trinajstić information content (AvgIpc) is 3.18. The van der Waals surface area contributed by atoms with Crippen molar-refractivity contribution in [2.45, 2.75) is 25.8 Å². The van der Waals surface area contributed by atoms with Gasteiger partial charge in [-0.05, 0) is 54.3 Å². The van der Waals surface area contributed by atoms with Crippen LogP contribution in [0.5, 0.6) is 0 Å². The van der Waals surface area contributed by atoms with E-state index in [-0.39, 0.29) is 0 Å². The topological polar surface area (TPSA) is 34.9 Å². The Morgan fingerprint density at radius 2 is 2.16 bits per heavy atom. The number of hydrogen-bond donors (Lipinski definition) is 0. The number of nitrogens with zero attached hydrogens (tertiary/aromatic N) is 2. The van der Waals surface area contributed by atoms with Crippen LogP contribution in [-0.2, 0) is 0 Å². The summed E-state index contributed by atoms with van der Waals surface area (Å²) in [7, 11) is 0. The van der Waals surface area contributed by atoms with Crippen LogP contribution in [0.25, 0.3) is 11.3 Å². The van der Waals surface area contributed by atoms with E-state index in [0.717, 1.165) is 27.0 Å². The Morgan fingerprint density at radius 1 is 1.42 bits per heavy atom. The lowest BCUT2D eigenvalue weighted by molar-refractivity contribution is 0.112. The first-order valence-electron chi connectivity index (χ1n) is 6.50. The lowest BCUT2D eigenvalue weighted by Gasteiger charge is -2.10. The van der Waals surface area contributed by atoms with Crippen LogP contribution in [-0.4, -0.2) is 16.1 Å². The highest BCUT2D eigenvalue weighted by Gasteiger charge is 2.30. The lowest BCUT2D eigenvalue weighted by atomic mass is 10.1. The molecule has 1 unspecified atom stereocenters. The third-order valence-corrected chi connectivity index (χ3v) is 4.68. The smallest absolute Gasteiger partial charge is 0.153 e. The van der Waals surface area contributed by atoms with Gasteiger partial charge >= 0.3 is 0 Å². The van der Waals surface area contributed by atoms with Gasteiger partial charge in [-0.1, -0.05) is 18.2 Å². The zero-order chi connectivity index (χ0) is 13.4. The van der Waals surface area contributed by atoms with E-state index in [1.54, 1.807) is 0 Å². The largest absolute Gasteiger partial charge is 0.298 e. The highest BCUT2D eigenvalue weighted by molar-refractivity contribution is 14.1. The van der Waals surface area contributed by atoms with E-state index in [1.807, 2.05) is 35.1 Å². The second-order valence-corrected chi connectivity index (χ2v) is 6.25. The molecule has 0 amide bonds. The molecule has 1 fully saturated rings. The summed E-state index contributed by atoms with van der Waals surface area (Å²) >= 11 is 2.28. The van der Waals surface area contributed by atoms with Crippen molar-refractivity contribution in [1.29, 1.82) is 0 Å². The fourth-order valence-corrected chi connectivity index (χ4v) is 3.00. The maximum atomic E-state index is 11.3. The van der Waals surface area contributed by atoms with Crippen LogP contribution in [0.2, 0.25) is 0 Å². The third kappa shape index (κ3) is 2.45. The molecule has 0 radical (unpaired) electrons. The highest BCUT2D eigenvalue weighted by atomic mass is 127. The number of aldehydes is 1. The van der Waals surface area contributed by atoms with Crippen LogP contribution in [0, 0.1) is 9.49 Å². The fraction of sp³-hybridized carbons (Fsp3) is 0.333. The number of carbonyl (C=O) groups is 1. The van der Waals surface area contributed by atoms with Crippen LogP contribution in [0.4, 0.5) is 0 Å². The summed E-state index contributed by atoms with van der Waals surface area (Å²) in [5.74, 6) is 0.724. The third-order valence-electron chi connectivity index (χ3n) is 3.74. The van der Waals surface area contributed by atoms with Crippen molar-refractivity contribution >= 4 is 28.9 Å². The molecule has 2 aromatic rings. The molecule has 1 heterocycles. The van der Waals surface area contributed by atoms with Gasteiger partial charge in [0.15, 0.2) is 6.29 Å². The Hall–Kier alpha value is -1.17. The molecule has 19 heavy (non-hydrogen) atoms. The lowest BCUT2D eigenvalue weighted by Crippen LogP contribution is -2.07. The van der Waals surface area contributed by atoms with Gasteiger partial charge in [-0.2, -0.15) is 5.10 Å². The molecular weight excluding hydrogens is 351 g/mol. The summed E-state index contributed by atoms with van der Waals surface area (Å²) < 4.78 is 3.08. The van der Waals surface area contributed by atoms with Crippen LogP contribution < -0.4 is 0 Å². The van der Waals surface area contributed by atoms with Crippen LogP contribution in [0.15, 0.2) is 30.5 Å². The molecule has 0 bridgehead atoms. The van der Waals surface area contributed by atoms with Crippen molar-refractivity contribution in [2.24, 2.45) is 5.92 Å². The number of aromatic nitrogens is 2. The monoisotopic (exact) mass is 366 g/mol. The van der Waals surface area contributed by atoms with Gasteiger partial charge in [-0.15, -0.1) is 0 Å². The number of halogens is 1. The van der Waals surface area contributed by atoms with E-state index in [1.165, 1.54) is 12.8 Å². The molecule has 1 aliphatic carbocycles. The predicted octanol–water partition coefficient (Wildman–Crippen LogP) is 3.94. The van der Waals surface area contributed by atoms with Crippen LogP contribution in [0.1, 0.15) is 36.2 Å². The van der Waals surface area contributed by atoms with Gasteiger partial charge in [0, 0.05) is 15.3 Å². The predicted molar refractivity (Wildman–Crippen MR) is 83.2 cm³/mol. The first-order valence-corrected chi connectivity index (χ1v) is 7.58. The number of carbonyl (C=O) groups excluding carboxylic acids is 1. The molecule has 3 rings (SSSR count). The molecule has 98 valence electrons. The summed E-state index contributed by atoms with van der Waals surface area (Å²) in [5, 5.41) is 4.65. The average molecular weight is 366 g/mol. The minimum Gasteiger partial charge on any atom is -0.298 e. The van der Waals surface area contributed by atoms with E-state index < -0.39 is 0 Å². The Labute approximate surface area is 126 Å². The van der Waals surface area contributed by atoms with E-state index in [9.17, 15) is 4.79 Å². The Morgan fingerprint density at radius 3 is 2.79 bits per heavy atom. The fourth-order valence-electron chi connectivity index (χ4n) is 2.36. The summed E-state index contributed by atoms with van der Waals surface area (Å²) in [6, 6.07) is 8.41. The van der Waals surface area contributed by atoms with E-state index in [0.29, 0.717) is 11.6 Å². The normalized spacial score (nSPS) is 16.3. The number of rotatable bonds is 4. The quantitative estimate of drug-likeness (QED) is 0.607. The second kappa shape index (κ2) is 5.07. The standard InChI is InChI=1S/C15H15IN2O/c1-10(11-6-7-11)18-8-12(9-19)15(17-18)13-4-2-3-5-14(13)16/h2-5,8-11H,6-7H2,1H3. The summed E-state index contributed by atoms with van der Waals surface area (Å²) in [6.45, 7) is 2.18. The van der Waals surface area contributed by atoms with Gasteiger partial charge < -0.3 is 0 Å². The molecule has 0 spiro atoms. The molecule has 4 heteroatoms. The van der Waals surface area contributed by atoms with Gasteiger partial charge in [-0.25, -0.2) is 0 Å². The molecule has 0 aliphatic heterocycles. The van der Waals surface area contributed by atoms with Crippen LogP contribution in [0.3, 0.4) is 0 Å². The van der Waals surface area contributed by atoms with Crippen molar-refractivity contribution < 1.29 is 4.79 Å². The number of hydrogen-bond acceptors (Lipinski definition) is 2. The van der Waals surface area contributed by atoms with Crippen molar-refractivity contribution in [3.63, 3.8) is 0 Å². The molecule has 1 aromatic carbocycles. The Balaban J connectivity index is 2.05. The van der Waals surface area contributed by atoms with Gasteiger partial charge in [-0.3, -0.25) is 9.48 Å². The highest BCUT2D eigenvalue weighted by Crippen LogP contribution is 2.39. The molecule has 1 atom stereocenters. The van der Waals surface area contributed by atoms with Gasteiger partial charge in [0.2, 0.25) is 0 Å². The number of benzene rings is 1. The maximum Gasteiger partial charge on any atom is 0.153 e. The summed E-state index contributed by atoms with van der Waals surface area (Å²) in [4.78, 5) is 11.3. The molecule has 1 aliphatic rings. The summed E-state index contributed by atoms with van der Waals surface area (Å²) in [5.41, 5.74) is 2.51. The minimum absolute atomic E-state index is 0.383. The van der Waals surface area contributed by atoms with E-state index in [4.69, 9.17) is 0 Å². The first-order chi connectivity index (χ1) is 9.20. The first kappa shape index (κ1) is 12.8. The SMILES string of the molecule is CC(C1CC1)n1cc(C=O)c(-c2ccccc2I)n1. The molecule has 1 aromatic heterocycles. The van der Waals surface area contributed by atoms with Crippen molar-refractivity contribution in [2.75, 3.05) is 0 Å². The van der Waals surface area contributed by atoms with E-state index >= 15 is 0 Å². The maximum absolute atomic E-state index is 11.3. The van der Waals surface area contributed by atoms with E-state index in [2.05, 4.69) is 34.6 Å². The Bertz CT molecular complexity index is 616. The molecule has 0 N–H and O–H groups in total. The van der Waals surface area contributed by atoms with Gasteiger partial charge in [0.25, 0.3) is 0 Å². The zero-order valence-electron chi connectivity index (χ0n) is 10.7. The zero-order valence-corrected chi connectivity index (χ0v) is 12.9. The minimum atomic E-state index is 0.383. The second-order valence-electron chi connectivity index (χ2n) is 5.09. The van der Waals surface area contributed by atoms with Gasteiger partial charge in [0.05, 0.1) is 11.6 Å². The van der Waals surface area contributed by atoms with Crippen molar-refractivity contribution in [3.8, 4) is 11.3 Å². The Kier molecular flexibility index (Phi) is 3.43. The van der Waals surface area contributed by atoms with Crippen molar-refractivity contribution in [3.05, 3.63) is 39.6 Å². The molecular formula is C15H15IN2O. The summed E-state index contributed by atoms with van der Waals surface area (Å²) in [6.07, 6.45) is 5.33. The van der Waals surface area contributed by atoms with Crippen LogP contribution >= 0.6 is 22.6 Å². The molecule has 0 saturated heterocycles. The van der Waals surface area contributed by atoms with Gasteiger partial charge in [0.1, 0.15) is 5.69 Å². The molecule has 3 nitrogen and oxygen atoms in total.